The number of hydrogen-bond acceptors (Lipinski definition) is 3. The molecule has 0 bridgehead atoms. The molecule has 0 saturated heterocycles. The van der Waals surface area contributed by atoms with E-state index in [4.69, 9.17) is 5.11 Å². The van der Waals surface area contributed by atoms with Gasteiger partial charge in [0.2, 0.25) is 0 Å². The second kappa shape index (κ2) is 4.30. The SMILES string of the molecule is CCNc1cnccc1NC(=O)O. The molecule has 0 radical (unpaired) electrons. The fraction of sp³-hybridized carbons (Fsp3) is 0.250. The van der Waals surface area contributed by atoms with Gasteiger partial charge in [0.15, 0.2) is 0 Å². The summed E-state index contributed by atoms with van der Waals surface area (Å²) in [6, 6.07) is 1.60. The molecule has 3 N–H and O–H groups in total. The molecule has 1 aromatic rings. The van der Waals surface area contributed by atoms with Crippen LogP contribution >= 0.6 is 0 Å². The Labute approximate surface area is 75.8 Å². The van der Waals surface area contributed by atoms with E-state index in [0.29, 0.717) is 11.4 Å². The molecule has 13 heavy (non-hydrogen) atoms. The summed E-state index contributed by atoms with van der Waals surface area (Å²) < 4.78 is 0. The van der Waals surface area contributed by atoms with Gasteiger partial charge in [-0.25, -0.2) is 4.79 Å². The van der Waals surface area contributed by atoms with Crippen LogP contribution in [0, 0.1) is 0 Å². The van der Waals surface area contributed by atoms with Crippen LogP contribution in [-0.2, 0) is 0 Å². The molecular formula is C8H11N3O2. The van der Waals surface area contributed by atoms with Crippen LogP contribution in [0.25, 0.3) is 0 Å². The van der Waals surface area contributed by atoms with Gasteiger partial charge in [-0.05, 0) is 13.0 Å². The molecule has 1 amide bonds. The van der Waals surface area contributed by atoms with E-state index < -0.39 is 6.09 Å². The number of amides is 1. The Morgan fingerprint density at radius 2 is 2.38 bits per heavy atom. The largest absolute Gasteiger partial charge is 0.465 e. The molecule has 70 valence electrons. The Hall–Kier alpha value is -1.78. The van der Waals surface area contributed by atoms with Crippen molar-refractivity contribution in [1.82, 2.24) is 4.98 Å². The van der Waals surface area contributed by atoms with Crippen LogP contribution in [0.5, 0.6) is 0 Å². The number of nitrogens with zero attached hydrogens (tertiary/aromatic N) is 1. The Bertz CT molecular complexity index is 301. The minimum atomic E-state index is -1.08. The number of pyridine rings is 1. The van der Waals surface area contributed by atoms with Crippen molar-refractivity contribution in [3.8, 4) is 0 Å². The highest BCUT2D eigenvalue weighted by molar-refractivity contribution is 5.87. The van der Waals surface area contributed by atoms with E-state index in [2.05, 4.69) is 15.6 Å². The third-order valence-corrected chi connectivity index (χ3v) is 1.43. The van der Waals surface area contributed by atoms with E-state index in [0.717, 1.165) is 6.54 Å². The summed E-state index contributed by atoms with van der Waals surface area (Å²) in [5.41, 5.74) is 1.21. The van der Waals surface area contributed by atoms with Gasteiger partial charge in [0, 0.05) is 12.7 Å². The molecule has 0 saturated carbocycles. The predicted molar refractivity (Wildman–Crippen MR) is 50.0 cm³/mol. The molecule has 5 heteroatoms. The Kier molecular flexibility index (Phi) is 3.08. The number of anilines is 2. The normalized spacial score (nSPS) is 9.31. The lowest BCUT2D eigenvalue weighted by atomic mass is 10.3. The first-order valence-electron chi connectivity index (χ1n) is 3.92. The van der Waals surface area contributed by atoms with Crippen molar-refractivity contribution in [2.45, 2.75) is 6.92 Å². The van der Waals surface area contributed by atoms with Crippen molar-refractivity contribution in [2.24, 2.45) is 0 Å². The molecular weight excluding hydrogens is 170 g/mol. The van der Waals surface area contributed by atoms with Crippen LogP contribution in [0.2, 0.25) is 0 Å². The van der Waals surface area contributed by atoms with Gasteiger partial charge < -0.3 is 10.4 Å². The lowest BCUT2D eigenvalue weighted by molar-refractivity contribution is 0.210. The van der Waals surface area contributed by atoms with Crippen LogP contribution in [0.15, 0.2) is 18.5 Å². The maximum Gasteiger partial charge on any atom is 0.409 e. The van der Waals surface area contributed by atoms with E-state index in [9.17, 15) is 4.79 Å². The summed E-state index contributed by atoms with van der Waals surface area (Å²) in [5.74, 6) is 0. The van der Waals surface area contributed by atoms with E-state index in [-0.39, 0.29) is 0 Å². The van der Waals surface area contributed by atoms with E-state index in [1.54, 1.807) is 12.3 Å². The summed E-state index contributed by atoms with van der Waals surface area (Å²) in [6.07, 6.45) is 2.03. The van der Waals surface area contributed by atoms with Gasteiger partial charge in [0.25, 0.3) is 0 Å². The van der Waals surface area contributed by atoms with Crippen molar-refractivity contribution in [3.63, 3.8) is 0 Å². The number of aromatic nitrogens is 1. The topological polar surface area (TPSA) is 74.2 Å². The molecule has 0 aliphatic carbocycles. The number of nitrogens with one attached hydrogen (secondary N) is 2. The Morgan fingerprint density at radius 3 is 3.00 bits per heavy atom. The lowest BCUT2D eigenvalue weighted by Gasteiger charge is -2.08. The van der Waals surface area contributed by atoms with Crippen molar-refractivity contribution < 1.29 is 9.90 Å². The van der Waals surface area contributed by atoms with Gasteiger partial charge in [-0.2, -0.15) is 0 Å². The van der Waals surface area contributed by atoms with Crippen LogP contribution < -0.4 is 10.6 Å². The summed E-state index contributed by atoms with van der Waals surface area (Å²) >= 11 is 0. The summed E-state index contributed by atoms with van der Waals surface area (Å²) in [6.45, 7) is 2.65. The molecule has 0 aromatic carbocycles. The molecule has 0 aliphatic heterocycles. The number of carboxylic acid groups (broad SMARTS) is 1. The molecule has 0 spiro atoms. The summed E-state index contributed by atoms with van der Waals surface area (Å²) in [5, 5.41) is 13.8. The first-order valence-corrected chi connectivity index (χ1v) is 3.92. The van der Waals surface area contributed by atoms with E-state index in [1.165, 1.54) is 6.20 Å². The fourth-order valence-corrected chi connectivity index (χ4v) is 0.950. The molecule has 0 fully saturated rings. The van der Waals surface area contributed by atoms with Gasteiger partial charge in [0.05, 0.1) is 17.6 Å². The quantitative estimate of drug-likeness (QED) is 0.662. The third kappa shape index (κ3) is 2.62. The maximum absolute atomic E-state index is 10.4. The van der Waals surface area contributed by atoms with Crippen LogP contribution in [0.4, 0.5) is 16.2 Å². The zero-order valence-corrected chi connectivity index (χ0v) is 7.24. The third-order valence-electron chi connectivity index (χ3n) is 1.43. The maximum atomic E-state index is 10.4. The summed E-state index contributed by atoms with van der Waals surface area (Å²) in [7, 11) is 0. The molecule has 5 nitrogen and oxygen atoms in total. The molecule has 1 heterocycles. The highest BCUT2D eigenvalue weighted by Crippen LogP contribution is 2.18. The van der Waals surface area contributed by atoms with Crippen LogP contribution in [0.1, 0.15) is 6.92 Å². The second-order valence-corrected chi connectivity index (χ2v) is 2.38. The van der Waals surface area contributed by atoms with Gasteiger partial charge in [0.1, 0.15) is 0 Å². The molecule has 1 rings (SSSR count). The van der Waals surface area contributed by atoms with Gasteiger partial charge in [-0.3, -0.25) is 10.3 Å². The fourth-order valence-electron chi connectivity index (χ4n) is 0.950. The number of carbonyl (C=O) groups is 1. The van der Waals surface area contributed by atoms with E-state index >= 15 is 0 Å². The minimum Gasteiger partial charge on any atom is -0.465 e. The smallest absolute Gasteiger partial charge is 0.409 e. The molecule has 0 atom stereocenters. The van der Waals surface area contributed by atoms with Gasteiger partial charge in [-0.1, -0.05) is 0 Å². The van der Waals surface area contributed by atoms with Crippen LogP contribution in [0.3, 0.4) is 0 Å². The highest BCUT2D eigenvalue weighted by Gasteiger charge is 2.02. The number of hydrogen-bond donors (Lipinski definition) is 3. The molecule has 1 aromatic heterocycles. The van der Waals surface area contributed by atoms with Crippen molar-refractivity contribution in [3.05, 3.63) is 18.5 Å². The average Bonchev–Trinajstić information content (AvgIpc) is 2.08. The molecule has 0 aliphatic rings. The van der Waals surface area contributed by atoms with Gasteiger partial charge in [-0.15, -0.1) is 0 Å². The average molecular weight is 181 g/mol. The summed E-state index contributed by atoms with van der Waals surface area (Å²) in [4.78, 5) is 14.2. The first-order chi connectivity index (χ1) is 6.24. The monoisotopic (exact) mass is 181 g/mol. The number of rotatable bonds is 3. The van der Waals surface area contributed by atoms with Crippen molar-refractivity contribution >= 4 is 17.5 Å². The second-order valence-electron chi connectivity index (χ2n) is 2.38. The first kappa shape index (κ1) is 9.31. The Balaban J connectivity index is 2.84. The minimum absolute atomic E-state index is 0.518. The van der Waals surface area contributed by atoms with Gasteiger partial charge >= 0.3 is 6.09 Å². The van der Waals surface area contributed by atoms with Crippen molar-refractivity contribution in [1.29, 1.82) is 0 Å². The highest BCUT2D eigenvalue weighted by atomic mass is 16.4. The standard InChI is InChI=1S/C8H11N3O2/c1-2-10-7-5-9-4-3-6(7)11-8(12)13/h3-5,10H,2H2,1H3,(H,9,11)(H,12,13). The molecule has 0 unspecified atom stereocenters. The van der Waals surface area contributed by atoms with E-state index in [1.807, 2.05) is 6.92 Å². The zero-order valence-electron chi connectivity index (χ0n) is 7.24. The van der Waals surface area contributed by atoms with Crippen LogP contribution in [-0.4, -0.2) is 22.7 Å². The lowest BCUT2D eigenvalue weighted by Crippen LogP contribution is -2.10. The zero-order chi connectivity index (χ0) is 9.68. The van der Waals surface area contributed by atoms with Crippen molar-refractivity contribution in [2.75, 3.05) is 17.2 Å². The Morgan fingerprint density at radius 1 is 1.62 bits per heavy atom. The predicted octanol–water partition coefficient (Wildman–Crippen LogP) is 1.60.